The van der Waals surface area contributed by atoms with Crippen LogP contribution in [0.1, 0.15) is 26.3 Å². The van der Waals surface area contributed by atoms with Crippen LogP contribution in [-0.2, 0) is 0 Å². The first-order valence-corrected chi connectivity index (χ1v) is 5.34. The van der Waals surface area contributed by atoms with Crippen molar-refractivity contribution in [2.45, 2.75) is 33.2 Å². The van der Waals surface area contributed by atoms with Crippen molar-refractivity contribution in [3.63, 3.8) is 0 Å². The minimum atomic E-state index is -0.601. The molecular weight excluding hydrogens is 234 g/mol. The van der Waals surface area contributed by atoms with Gasteiger partial charge in [0.15, 0.2) is 0 Å². The number of aromatic nitrogens is 1. The summed E-state index contributed by atoms with van der Waals surface area (Å²) in [5, 5.41) is 6.12. The average molecular weight is 249 g/mol. The first-order chi connectivity index (χ1) is 8.33. The van der Waals surface area contributed by atoms with Gasteiger partial charge in [-0.05, 0) is 39.3 Å². The summed E-state index contributed by atoms with van der Waals surface area (Å²) >= 11 is 0. The molecule has 0 saturated carbocycles. The Kier molecular flexibility index (Phi) is 4.12. The molecule has 0 saturated heterocycles. The lowest BCUT2D eigenvalue weighted by atomic mass is 10.1. The number of pyridine rings is 1. The van der Waals surface area contributed by atoms with Crippen molar-refractivity contribution in [3.05, 3.63) is 28.3 Å². The van der Waals surface area contributed by atoms with E-state index < -0.39 is 11.6 Å². The molecule has 1 amide bonds. The Balaban J connectivity index is 2.89. The molecule has 1 aromatic rings. The van der Waals surface area contributed by atoms with Crippen LogP contribution in [0.4, 0.5) is 10.5 Å². The molecule has 18 heavy (non-hydrogen) atoms. The molecule has 0 aliphatic carbocycles. The van der Waals surface area contributed by atoms with Crippen molar-refractivity contribution >= 4 is 11.8 Å². The number of azide groups is 1. The summed E-state index contributed by atoms with van der Waals surface area (Å²) in [5.41, 5.74) is 8.89. The number of nitrogens with one attached hydrogen (secondary N) is 1. The smallest absolute Gasteiger partial charge is 0.391 e. The summed E-state index contributed by atoms with van der Waals surface area (Å²) in [6.45, 7) is 7.18. The zero-order chi connectivity index (χ0) is 13.8. The second kappa shape index (κ2) is 5.37. The molecule has 7 heteroatoms. The van der Waals surface area contributed by atoms with Gasteiger partial charge >= 0.3 is 6.09 Å². The summed E-state index contributed by atoms with van der Waals surface area (Å²) in [6.07, 6.45) is 0.813. The molecule has 0 fully saturated rings. The molecule has 0 spiro atoms. The van der Waals surface area contributed by atoms with Crippen LogP contribution in [0.25, 0.3) is 10.4 Å². The molecule has 1 N–H and O–H groups in total. The number of carbonyl (C=O) groups is 1. The van der Waals surface area contributed by atoms with Crippen LogP contribution in [0, 0.1) is 6.92 Å². The second-order valence-corrected chi connectivity index (χ2v) is 4.71. The summed E-state index contributed by atoms with van der Waals surface area (Å²) in [5.74, 6) is 0.127. The van der Waals surface area contributed by atoms with Gasteiger partial charge in [0.2, 0.25) is 5.88 Å². The maximum absolute atomic E-state index is 11.6. The van der Waals surface area contributed by atoms with Crippen molar-refractivity contribution in [1.82, 2.24) is 10.3 Å². The van der Waals surface area contributed by atoms with E-state index >= 15 is 0 Å². The molecule has 0 atom stereocenters. The van der Waals surface area contributed by atoms with E-state index in [2.05, 4.69) is 20.3 Å². The number of ether oxygens (including phenoxy) is 1. The van der Waals surface area contributed by atoms with Crippen molar-refractivity contribution in [3.8, 4) is 5.88 Å². The number of carbonyl (C=O) groups excluding carboxylic acids is 1. The molecule has 1 heterocycles. The third kappa shape index (κ3) is 3.95. The van der Waals surface area contributed by atoms with Crippen molar-refractivity contribution in [2.24, 2.45) is 5.11 Å². The first kappa shape index (κ1) is 13.8. The molecule has 96 valence electrons. The van der Waals surface area contributed by atoms with Crippen molar-refractivity contribution in [2.75, 3.05) is 0 Å². The fourth-order valence-corrected chi connectivity index (χ4v) is 1.19. The van der Waals surface area contributed by atoms with E-state index in [0.29, 0.717) is 11.3 Å². The number of nitrogens with zero attached hydrogens (tertiary/aromatic N) is 4. The van der Waals surface area contributed by atoms with E-state index in [1.165, 1.54) is 6.20 Å². The molecule has 0 aliphatic heterocycles. The minimum Gasteiger partial charge on any atom is -0.391 e. The van der Waals surface area contributed by atoms with Crippen LogP contribution >= 0.6 is 0 Å². The van der Waals surface area contributed by atoms with Gasteiger partial charge in [-0.25, -0.2) is 9.78 Å². The average Bonchev–Trinajstić information content (AvgIpc) is 2.21. The highest BCUT2D eigenvalue weighted by atomic mass is 16.6. The van der Waals surface area contributed by atoms with Gasteiger partial charge in [0, 0.05) is 27.9 Å². The lowest BCUT2D eigenvalue weighted by Crippen LogP contribution is -2.42. The number of amides is 1. The van der Waals surface area contributed by atoms with Gasteiger partial charge in [0.25, 0.3) is 0 Å². The molecule has 0 unspecified atom stereocenters. The van der Waals surface area contributed by atoms with Crippen molar-refractivity contribution < 1.29 is 9.53 Å². The molecular formula is C11H15N5O2. The van der Waals surface area contributed by atoms with E-state index in [-0.39, 0.29) is 5.88 Å². The molecule has 1 aromatic heterocycles. The summed E-state index contributed by atoms with van der Waals surface area (Å²) < 4.78 is 5.06. The SMILES string of the molecule is Cc1c(N=[N+]=[N-])ccnc1OC(=O)NC(C)(C)C. The van der Waals surface area contributed by atoms with E-state index in [1.54, 1.807) is 13.0 Å². The third-order valence-corrected chi connectivity index (χ3v) is 1.95. The highest BCUT2D eigenvalue weighted by Crippen LogP contribution is 2.25. The van der Waals surface area contributed by atoms with E-state index in [9.17, 15) is 4.79 Å². The van der Waals surface area contributed by atoms with Gasteiger partial charge in [-0.3, -0.25) is 0 Å². The van der Waals surface area contributed by atoms with Gasteiger partial charge in [0.05, 0.1) is 0 Å². The zero-order valence-electron chi connectivity index (χ0n) is 10.8. The Hall–Kier alpha value is -2.27. The minimum absolute atomic E-state index is 0.127. The quantitative estimate of drug-likeness (QED) is 0.494. The van der Waals surface area contributed by atoms with Crippen LogP contribution in [0.5, 0.6) is 5.88 Å². The first-order valence-electron chi connectivity index (χ1n) is 5.34. The number of hydrogen-bond acceptors (Lipinski definition) is 4. The van der Waals surface area contributed by atoms with Gasteiger partial charge in [0.1, 0.15) is 0 Å². The lowest BCUT2D eigenvalue weighted by Gasteiger charge is -2.19. The molecule has 7 nitrogen and oxygen atoms in total. The van der Waals surface area contributed by atoms with Gasteiger partial charge in [-0.1, -0.05) is 5.11 Å². The topological polar surface area (TPSA) is 100.0 Å². The van der Waals surface area contributed by atoms with Crippen LogP contribution in [-0.4, -0.2) is 16.6 Å². The fraction of sp³-hybridized carbons (Fsp3) is 0.455. The van der Waals surface area contributed by atoms with Crippen LogP contribution in [0.15, 0.2) is 17.4 Å². The monoisotopic (exact) mass is 249 g/mol. The Labute approximate surface area is 105 Å². The summed E-state index contributed by atoms with van der Waals surface area (Å²) in [6, 6.07) is 1.55. The Morgan fingerprint density at radius 3 is 2.78 bits per heavy atom. The third-order valence-electron chi connectivity index (χ3n) is 1.95. The van der Waals surface area contributed by atoms with Crippen LogP contribution < -0.4 is 10.1 Å². The van der Waals surface area contributed by atoms with E-state index in [0.717, 1.165) is 0 Å². The Morgan fingerprint density at radius 1 is 1.56 bits per heavy atom. The predicted molar refractivity (Wildman–Crippen MR) is 66.7 cm³/mol. The summed E-state index contributed by atoms with van der Waals surface area (Å²) in [7, 11) is 0. The highest BCUT2D eigenvalue weighted by Gasteiger charge is 2.17. The highest BCUT2D eigenvalue weighted by molar-refractivity contribution is 5.71. The van der Waals surface area contributed by atoms with Crippen LogP contribution in [0.2, 0.25) is 0 Å². The summed E-state index contributed by atoms with van der Waals surface area (Å²) in [4.78, 5) is 18.2. The lowest BCUT2D eigenvalue weighted by molar-refractivity contribution is 0.188. The Bertz CT molecular complexity index is 501. The fourth-order valence-electron chi connectivity index (χ4n) is 1.19. The number of hydrogen-bond donors (Lipinski definition) is 1. The predicted octanol–water partition coefficient (Wildman–Crippen LogP) is 3.22. The molecule has 1 rings (SSSR count). The Morgan fingerprint density at radius 2 is 2.22 bits per heavy atom. The maximum Gasteiger partial charge on any atom is 0.414 e. The largest absolute Gasteiger partial charge is 0.414 e. The van der Waals surface area contributed by atoms with E-state index in [4.69, 9.17) is 10.3 Å². The molecule has 0 radical (unpaired) electrons. The molecule has 0 aliphatic rings. The molecule has 0 aromatic carbocycles. The normalized spacial score (nSPS) is 10.4. The standard InChI is InChI=1S/C11H15N5O2/c1-7-8(15-16-12)5-6-13-9(7)18-10(17)14-11(2,3)4/h5-6H,1-4H3,(H,14,17). The second-order valence-electron chi connectivity index (χ2n) is 4.71. The van der Waals surface area contributed by atoms with Gasteiger partial charge in [-0.2, -0.15) is 0 Å². The number of rotatable bonds is 2. The molecule has 0 bridgehead atoms. The van der Waals surface area contributed by atoms with Crippen LogP contribution in [0.3, 0.4) is 0 Å². The van der Waals surface area contributed by atoms with Crippen molar-refractivity contribution in [1.29, 1.82) is 0 Å². The van der Waals surface area contributed by atoms with E-state index in [1.807, 2.05) is 20.8 Å². The zero-order valence-corrected chi connectivity index (χ0v) is 10.8. The van der Waals surface area contributed by atoms with Gasteiger partial charge in [-0.15, -0.1) is 0 Å². The van der Waals surface area contributed by atoms with Gasteiger partial charge < -0.3 is 10.1 Å². The maximum atomic E-state index is 11.6.